The molecule has 1 saturated heterocycles. The Balaban J connectivity index is 1.83. The molecule has 1 fully saturated rings. The van der Waals surface area contributed by atoms with Gasteiger partial charge in [-0.1, -0.05) is 11.3 Å². The summed E-state index contributed by atoms with van der Waals surface area (Å²) in [4.78, 5) is 15.7. The normalized spacial score (nSPS) is 19.4. The number of hydrogen-bond donors (Lipinski definition) is 1. The molecular weight excluding hydrogens is 272 g/mol. The lowest BCUT2D eigenvalue weighted by molar-refractivity contribution is -0.389. The zero-order valence-electron chi connectivity index (χ0n) is 9.54. The predicted octanol–water partition coefficient (Wildman–Crippen LogP) is 2.47. The van der Waals surface area contributed by atoms with Gasteiger partial charge in [0.15, 0.2) is 0 Å². The van der Waals surface area contributed by atoms with E-state index in [0.29, 0.717) is 16.7 Å². The first-order chi connectivity index (χ1) is 8.75. The van der Waals surface area contributed by atoms with Gasteiger partial charge in [-0.2, -0.15) is 21.1 Å². The monoisotopic (exact) mass is 284 g/mol. The molecule has 2 aromatic heterocycles. The second kappa shape index (κ2) is 4.77. The van der Waals surface area contributed by atoms with E-state index < -0.39 is 0 Å². The van der Waals surface area contributed by atoms with Gasteiger partial charge < -0.3 is 15.4 Å². The molecule has 0 amide bonds. The van der Waals surface area contributed by atoms with E-state index in [-0.39, 0.29) is 10.7 Å². The van der Waals surface area contributed by atoms with Crippen LogP contribution < -0.4 is 5.32 Å². The summed E-state index contributed by atoms with van der Waals surface area (Å²) >= 11 is 3.34. The van der Waals surface area contributed by atoms with Gasteiger partial charge in [-0.05, 0) is 28.8 Å². The van der Waals surface area contributed by atoms with Gasteiger partial charge in [0.05, 0.1) is 0 Å². The van der Waals surface area contributed by atoms with Crippen LogP contribution in [-0.2, 0) is 0 Å². The van der Waals surface area contributed by atoms with Crippen molar-refractivity contribution >= 4 is 39.7 Å². The standard InChI is InChI=1S/C10H12N4O2S2/c15-14(16)9-8(11-5-7-1-3-17-6-7)12-10-13(9)2-4-18-10/h2,4,7,11H,1,3,5-6H2. The molecule has 0 spiro atoms. The van der Waals surface area contributed by atoms with Gasteiger partial charge in [0.1, 0.15) is 6.20 Å². The quantitative estimate of drug-likeness (QED) is 0.689. The molecular formula is C10H12N4O2S2. The molecule has 1 aliphatic heterocycles. The Hall–Kier alpha value is -1.28. The first-order valence-corrected chi connectivity index (χ1v) is 7.70. The number of nitro groups is 1. The predicted molar refractivity (Wildman–Crippen MR) is 73.6 cm³/mol. The average Bonchev–Trinajstić information content (AvgIpc) is 3.01. The lowest BCUT2D eigenvalue weighted by atomic mass is 10.1. The molecule has 96 valence electrons. The van der Waals surface area contributed by atoms with Crippen molar-refractivity contribution in [3.63, 3.8) is 0 Å². The van der Waals surface area contributed by atoms with Crippen LogP contribution in [0.3, 0.4) is 0 Å². The number of rotatable bonds is 4. The van der Waals surface area contributed by atoms with E-state index in [1.165, 1.54) is 27.9 Å². The fourth-order valence-electron chi connectivity index (χ4n) is 2.05. The van der Waals surface area contributed by atoms with Crippen LogP contribution in [0.5, 0.6) is 0 Å². The van der Waals surface area contributed by atoms with E-state index in [1.54, 1.807) is 11.6 Å². The summed E-state index contributed by atoms with van der Waals surface area (Å²) in [5.41, 5.74) is 0. The molecule has 0 radical (unpaired) electrons. The molecule has 1 unspecified atom stereocenters. The van der Waals surface area contributed by atoms with E-state index in [1.807, 2.05) is 11.8 Å². The summed E-state index contributed by atoms with van der Waals surface area (Å²) in [5.74, 6) is 3.34. The molecule has 0 saturated carbocycles. The minimum atomic E-state index is -0.377. The maximum absolute atomic E-state index is 11.1. The first kappa shape index (κ1) is 11.8. The van der Waals surface area contributed by atoms with Gasteiger partial charge in [0.25, 0.3) is 4.96 Å². The SMILES string of the molecule is O=[N+]([O-])c1c(NCC2CCSC2)nc2sccn12. The number of aromatic nitrogens is 2. The highest BCUT2D eigenvalue weighted by molar-refractivity contribution is 7.99. The number of fused-ring (bicyclic) bond motifs is 1. The van der Waals surface area contributed by atoms with Crippen molar-refractivity contribution in [1.29, 1.82) is 0 Å². The minimum absolute atomic E-state index is 0.0388. The molecule has 8 heteroatoms. The summed E-state index contributed by atoms with van der Waals surface area (Å²) in [6, 6.07) is 0. The lowest BCUT2D eigenvalue weighted by Crippen LogP contribution is -2.14. The van der Waals surface area contributed by atoms with Crippen LogP contribution in [0.15, 0.2) is 11.6 Å². The Labute approximate surface area is 112 Å². The average molecular weight is 284 g/mol. The molecule has 0 aromatic carbocycles. The van der Waals surface area contributed by atoms with Crippen molar-refractivity contribution < 1.29 is 4.92 Å². The molecule has 1 N–H and O–H groups in total. The van der Waals surface area contributed by atoms with Gasteiger partial charge in [0, 0.05) is 11.9 Å². The van der Waals surface area contributed by atoms with Gasteiger partial charge in [-0.3, -0.25) is 0 Å². The molecule has 1 atom stereocenters. The van der Waals surface area contributed by atoms with Gasteiger partial charge in [0.2, 0.25) is 5.82 Å². The van der Waals surface area contributed by atoms with Crippen molar-refractivity contribution in [3.05, 3.63) is 21.7 Å². The molecule has 2 aromatic rings. The number of anilines is 1. The summed E-state index contributed by atoms with van der Waals surface area (Å²) in [7, 11) is 0. The van der Waals surface area contributed by atoms with Crippen molar-refractivity contribution in [1.82, 2.24) is 9.38 Å². The number of thioether (sulfide) groups is 1. The van der Waals surface area contributed by atoms with Crippen LogP contribution in [-0.4, -0.2) is 32.4 Å². The number of thiazole rings is 1. The Kier molecular flexibility index (Phi) is 3.13. The molecule has 3 heterocycles. The fourth-order valence-corrected chi connectivity index (χ4v) is 4.05. The smallest absolute Gasteiger partial charge is 0.363 e. The van der Waals surface area contributed by atoms with E-state index >= 15 is 0 Å². The number of hydrogen-bond acceptors (Lipinski definition) is 6. The zero-order chi connectivity index (χ0) is 12.5. The summed E-state index contributed by atoms with van der Waals surface area (Å²) < 4.78 is 1.52. The summed E-state index contributed by atoms with van der Waals surface area (Å²) in [6.45, 7) is 0.763. The van der Waals surface area contributed by atoms with Crippen LogP contribution in [0.1, 0.15) is 6.42 Å². The second-order valence-corrected chi connectivity index (χ2v) is 6.23. The maximum Gasteiger partial charge on any atom is 0.372 e. The van der Waals surface area contributed by atoms with Gasteiger partial charge >= 0.3 is 5.82 Å². The fraction of sp³-hybridized carbons (Fsp3) is 0.500. The van der Waals surface area contributed by atoms with Crippen LogP contribution in [0.2, 0.25) is 0 Å². The van der Waals surface area contributed by atoms with Crippen molar-refractivity contribution in [2.45, 2.75) is 6.42 Å². The van der Waals surface area contributed by atoms with E-state index in [2.05, 4.69) is 10.3 Å². The molecule has 18 heavy (non-hydrogen) atoms. The Morgan fingerprint density at radius 1 is 1.67 bits per heavy atom. The van der Waals surface area contributed by atoms with Crippen molar-refractivity contribution in [2.75, 3.05) is 23.4 Å². The number of imidazole rings is 1. The van der Waals surface area contributed by atoms with E-state index in [4.69, 9.17) is 0 Å². The van der Waals surface area contributed by atoms with Gasteiger partial charge in [-0.25, -0.2) is 0 Å². The third kappa shape index (κ3) is 2.05. The van der Waals surface area contributed by atoms with Gasteiger partial charge in [-0.15, -0.1) is 0 Å². The van der Waals surface area contributed by atoms with E-state index in [9.17, 15) is 10.1 Å². The maximum atomic E-state index is 11.1. The largest absolute Gasteiger partial charge is 0.372 e. The number of nitrogens with one attached hydrogen (secondary N) is 1. The number of nitrogens with zero attached hydrogens (tertiary/aromatic N) is 3. The minimum Gasteiger partial charge on any atom is -0.363 e. The Morgan fingerprint density at radius 2 is 2.56 bits per heavy atom. The Morgan fingerprint density at radius 3 is 3.28 bits per heavy atom. The second-order valence-electron chi connectivity index (χ2n) is 4.21. The van der Waals surface area contributed by atoms with Crippen molar-refractivity contribution in [3.8, 4) is 0 Å². The molecule has 0 bridgehead atoms. The first-order valence-electron chi connectivity index (χ1n) is 5.67. The third-order valence-corrected chi connectivity index (χ3v) is 4.98. The molecule has 1 aliphatic rings. The lowest BCUT2D eigenvalue weighted by Gasteiger charge is -2.08. The van der Waals surface area contributed by atoms with Crippen LogP contribution in [0.4, 0.5) is 11.6 Å². The highest BCUT2D eigenvalue weighted by Gasteiger charge is 2.24. The van der Waals surface area contributed by atoms with Crippen LogP contribution >= 0.6 is 23.1 Å². The summed E-state index contributed by atoms with van der Waals surface area (Å²) in [6.07, 6.45) is 2.86. The molecule has 3 rings (SSSR count). The van der Waals surface area contributed by atoms with Crippen LogP contribution in [0.25, 0.3) is 4.96 Å². The topological polar surface area (TPSA) is 72.5 Å². The molecule has 6 nitrogen and oxygen atoms in total. The Bertz CT molecular complexity index is 573. The highest BCUT2D eigenvalue weighted by Crippen LogP contribution is 2.29. The van der Waals surface area contributed by atoms with E-state index in [0.717, 1.165) is 12.3 Å². The van der Waals surface area contributed by atoms with Crippen LogP contribution in [0, 0.1) is 16.0 Å². The molecule has 0 aliphatic carbocycles. The zero-order valence-corrected chi connectivity index (χ0v) is 11.2. The third-order valence-electron chi connectivity index (χ3n) is 2.99. The highest BCUT2D eigenvalue weighted by atomic mass is 32.2. The van der Waals surface area contributed by atoms with Crippen molar-refractivity contribution in [2.24, 2.45) is 5.92 Å². The summed E-state index contributed by atoms with van der Waals surface area (Å²) in [5, 5.41) is 16.0.